The first kappa shape index (κ1) is 12.7. The maximum Gasteiger partial charge on any atom is 0.119 e. The Bertz CT molecular complexity index is 493. The summed E-state index contributed by atoms with van der Waals surface area (Å²) in [5, 5.41) is 0. The average Bonchev–Trinajstić information content (AvgIpc) is 2.40. The van der Waals surface area contributed by atoms with Gasteiger partial charge < -0.3 is 4.74 Å². The highest BCUT2D eigenvalue weighted by atomic mass is 16.5. The molecule has 18 heavy (non-hydrogen) atoms. The third-order valence-electron chi connectivity index (χ3n) is 3.04. The summed E-state index contributed by atoms with van der Waals surface area (Å²) in [6.45, 7) is 0. The number of methoxy groups -OCH3 is 1. The maximum absolute atomic E-state index is 5.30. The Morgan fingerprint density at radius 3 is 2.17 bits per heavy atom. The molecule has 0 fully saturated rings. The molecular weight excluding hydrogens is 222 g/mol. The van der Waals surface area contributed by atoms with Crippen LogP contribution in [0.25, 0.3) is 0 Å². The van der Waals surface area contributed by atoms with E-state index in [0.717, 1.165) is 5.75 Å². The van der Waals surface area contributed by atoms with Crippen LogP contribution in [-0.2, 0) is 0 Å². The quantitative estimate of drug-likeness (QED) is 0.814. The van der Waals surface area contributed by atoms with Crippen molar-refractivity contribution < 1.29 is 4.74 Å². The number of ether oxygens (including phenoxy) is 1. The van der Waals surface area contributed by atoms with Gasteiger partial charge in [0.1, 0.15) is 5.75 Å². The molecule has 0 amide bonds. The van der Waals surface area contributed by atoms with Crippen molar-refractivity contribution in [2.45, 2.75) is 6.04 Å². The van der Waals surface area contributed by atoms with E-state index in [1.807, 2.05) is 18.2 Å². The molecule has 0 saturated heterocycles. The Balaban J connectivity index is 2.42. The molecule has 1 atom stereocenters. The lowest BCUT2D eigenvalue weighted by molar-refractivity contribution is 0.340. The van der Waals surface area contributed by atoms with Crippen molar-refractivity contribution in [3.05, 3.63) is 65.7 Å². The van der Waals surface area contributed by atoms with E-state index in [1.165, 1.54) is 11.1 Å². The smallest absolute Gasteiger partial charge is 0.119 e. The molecule has 0 spiro atoms. The largest absolute Gasteiger partial charge is 0.497 e. The van der Waals surface area contributed by atoms with Crippen molar-refractivity contribution in [2.75, 3.05) is 21.2 Å². The molecule has 2 heteroatoms. The number of nitrogens with zero attached hydrogens (tertiary/aromatic N) is 1. The molecule has 2 aromatic carbocycles. The molecule has 0 aliphatic rings. The fraction of sp³-hybridized carbons (Fsp3) is 0.250. The zero-order valence-electron chi connectivity index (χ0n) is 11.1. The zero-order chi connectivity index (χ0) is 13.0. The normalized spacial score (nSPS) is 12.4. The summed E-state index contributed by atoms with van der Waals surface area (Å²) in [7, 11) is 5.89. The Kier molecular flexibility index (Phi) is 4.00. The predicted octanol–water partition coefficient (Wildman–Crippen LogP) is 3.35. The second kappa shape index (κ2) is 5.69. The fourth-order valence-electron chi connectivity index (χ4n) is 2.24. The van der Waals surface area contributed by atoms with Gasteiger partial charge in [-0.3, -0.25) is 4.90 Å². The lowest BCUT2D eigenvalue weighted by Crippen LogP contribution is -2.21. The lowest BCUT2D eigenvalue weighted by atomic mass is 9.98. The highest BCUT2D eigenvalue weighted by Gasteiger charge is 2.16. The van der Waals surface area contributed by atoms with E-state index in [0.29, 0.717) is 0 Å². The van der Waals surface area contributed by atoms with E-state index >= 15 is 0 Å². The van der Waals surface area contributed by atoms with Crippen molar-refractivity contribution in [3.63, 3.8) is 0 Å². The summed E-state index contributed by atoms with van der Waals surface area (Å²) in [4.78, 5) is 2.21. The van der Waals surface area contributed by atoms with Crippen molar-refractivity contribution in [1.29, 1.82) is 0 Å². The van der Waals surface area contributed by atoms with Crippen LogP contribution in [0.3, 0.4) is 0 Å². The molecule has 0 aromatic heterocycles. The second-order valence-electron chi connectivity index (χ2n) is 4.55. The van der Waals surface area contributed by atoms with Gasteiger partial charge in [-0.05, 0) is 37.4 Å². The third-order valence-corrected chi connectivity index (χ3v) is 3.04. The minimum atomic E-state index is 0.251. The van der Waals surface area contributed by atoms with Crippen molar-refractivity contribution in [3.8, 4) is 5.75 Å². The van der Waals surface area contributed by atoms with Crippen LogP contribution in [-0.4, -0.2) is 26.1 Å². The van der Waals surface area contributed by atoms with Crippen LogP contribution >= 0.6 is 0 Å². The number of hydrogen-bond donors (Lipinski definition) is 0. The van der Waals surface area contributed by atoms with Gasteiger partial charge in [-0.15, -0.1) is 0 Å². The number of rotatable bonds is 4. The molecule has 2 aromatic rings. The molecule has 1 unspecified atom stereocenters. The van der Waals surface area contributed by atoms with Crippen LogP contribution in [0.15, 0.2) is 54.6 Å². The first-order valence-corrected chi connectivity index (χ1v) is 6.07. The van der Waals surface area contributed by atoms with Gasteiger partial charge in [0.15, 0.2) is 0 Å². The molecule has 0 aliphatic carbocycles. The van der Waals surface area contributed by atoms with Gasteiger partial charge in [0.05, 0.1) is 13.2 Å². The monoisotopic (exact) mass is 241 g/mol. The van der Waals surface area contributed by atoms with E-state index < -0.39 is 0 Å². The van der Waals surface area contributed by atoms with Crippen LogP contribution in [0.1, 0.15) is 17.2 Å². The average molecular weight is 241 g/mol. The standard InChI is InChI=1S/C16H19NO/c1-17(2)16(13-8-5-4-6-9-13)14-10-7-11-15(12-14)18-3/h4-12,16H,1-3H3. The molecule has 0 N–H and O–H groups in total. The second-order valence-corrected chi connectivity index (χ2v) is 4.55. The van der Waals surface area contributed by atoms with Crippen LogP contribution in [0.2, 0.25) is 0 Å². The molecule has 94 valence electrons. The fourth-order valence-corrected chi connectivity index (χ4v) is 2.24. The van der Waals surface area contributed by atoms with Gasteiger partial charge in [0, 0.05) is 0 Å². The zero-order valence-corrected chi connectivity index (χ0v) is 11.1. The van der Waals surface area contributed by atoms with E-state index in [-0.39, 0.29) is 6.04 Å². The Morgan fingerprint density at radius 1 is 0.889 bits per heavy atom. The van der Waals surface area contributed by atoms with E-state index in [4.69, 9.17) is 4.74 Å². The Hall–Kier alpha value is -1.80. The summed E-state index contributed by atoms with van der Waals surface area (Å²) >= 11 is 0. The molecular formula is C16H19NO. The molecule has 0 aliphatic heterocycles. The van der Waals surface area contributed by atoms with Crippen LogP contribution < -0.4 is 4.74 Å². The first-order chi connectivity index (χ1) is 8.72. The van der Waals surface area contributed by atoms with Gasteiger partial charge >= 0.3 is 0 Å². The van der Waals surface area contributed by atoms with Crippen LogP contribution in [0.4, 0.5) is 0 Å². The summed E-state index contributed by atoms with van der Waals surface area (Å²) in [5.41, 5.74) is 2.53. The van der Waals surface area contributed by atoms with Crippen LogP contribution in [0, 0.1) is 0 Å². The molecule has 2 rings (SSSR count). The molecule has 0 radical (unpaired) electrons. The first-order valence-electron chi connectivity index (χ1n) is 6.07. The van der Waals surface area contributed by atoms with Gasteiger partial charge in [0.25, 0.3) is 0 Å². The van der Waals surface area contributed by atoms with Crippen LogP contribution in [0.5, 0.6) is 5.75 Å². The van der Waals surface area contributed by atoms with Crippen molar-refractivity contribution >= 4 is 0 Å². The molecule has 2 nitrogen and oxygen atoms in total. The molecule has 0 saturated carbocycles. The lowest BCUT2D eigenvalue weighted by Gasteiger charge is -2.25. The minimum Gasteiger partial charge on any atom is -0.497 e. The maximum atomic E-state index is 5.30. The van der Waals surface area contributed by atoms with Crippen molar-refractivity contribution in [2.24, 2.45) is 0 Å². The SMILES string of the molecule is COc1cccc(C(c2ccccc2)N(C)C)c1. The number of benzene rings is 2. The Labute approximate surface area is 109 Å². The van der Waals surface area contributed by atoms with Gasteiger partial charge in [-0.2, -0.15) is 0 Å². The minimum absolute atomic E-state index is 0.251. The topological polar surface area (TPSA) is 12.5 Å². The van der Waals surface area contributed by atoms with Crippen molar-refractivity contribution in [1.82, 2.24) is 4.90 Å². The van der Waals surface area contributed by atoms with Gasteiger partial charge in [-0.1, -0.05) is 42.5 Å². The van der Waals surface area contributed by atoms with Gasteiger partial charge in [-0.25, -0.2) is 0 Å². The molecule has 0 heterocycles. The summed E-state index contributed by atoms with van der Waals surface area (Å²) in [5.74, 6) is 0.898. The summed E-state index contributed by atoms with van der Waals surface area (Å²) < 4.78 is 5.30. The number of hydrogen-bond acceptors (Lipinski definition) is 2. The molecule has 0 bridgehead atoms. The van der Waals surface area contributed by atoms with E-state index in [1.54, 1.807) is 7.11 Å². The van der Waals surface area contributed by atoms with E-state index in [9.17, 15) is 0 Å². The highest BCUT2D eigenvalue weighted by molar-refractivity contribution is 5.36. The Morgan fingerprint density at radius 2 is 1.56 bits per heavy atom. The van der Waals surface area contributed by atoms with Gasteiger partial charge in [0.2, 0.25) is 0 Å². The third kappa shape index (κ3) is 2.71. The highest BCUT2D eigenvalue weighted by Crippen LogP contribution is 2.28. The van der Waals surface area contributed by atoms with E-state index in [2.05, 4.69) is 55.4 Å². The summed E-state index contributed by atoms with van der Waals surface area (Å²) in [6.07, 6.45) is 0. The predicted molar refractivity (Wildman–Crippen MR) is 75.0 cm³/mol. The summed E-state index contributed by atoms with van der Waals surface area (Å²) in [6, 6.07) is 19.0.